The smallest absolute Gasteiger partial charge is 0.322 e. The van der Waals surface area contributed by atoms with Gasteiger partial charge >= 0.3 is 5.97 Å². The molecule has 110 valence electrons. The van der Waals surface area contributed by atoms with Crippen LogP contribution in [-0.2, 0) is 4.79 Å². The first-order valence-electron chi connectivity index (χ1n) is 6.56. The van der Waals surface area contributed by atoms with Crippen LogP contribution in [0, 0.1) is 18.6 Å². The number of hydrogen-bond acceptors (Lipinski definition) is 3. The van der Waals surface area contributed by atoms with Crippen LogP contribution < -0.4 is 5.32 Å². The van der Waals surface area contributed by atoms with Gasteiger partial charge in [0, 0.05) is 31.2 Å². The number of nitrogens with zero attached hydrogens (tertiary/aromatic N) is 1. The quantitative estimate of drug-likeness (QED) is 0.887. The van der Waals surface area contributed by atoms with Gasteiger partial charge in [-0.05, 0) is 31.5 Å². The van der Waals surface area contributed by atoms with Crippen molar-refractivity contribution in [3.63, 3.8) is 0 Å². The highest BCUT2D eigenvalue weighted by atomic mass is 19.1. The van der Waals surface area contributed by atoms with Gasteiger partial charge in [0.25, 0.3) is 0 Å². The van der Waals surface area contributed by atoms with Crippen LogP contribution in [0.4, 0.5) is 8.78 Å². The summed E-state index contributed by atoms with van der Waals surface area (Å²) in [6.07, 6.45) is 0. The Morgan fingerprint density at radius 3 is 2.80 bits per heavy atom. The third-order valence-corrected chi connectivity index (χ3v) is 3.80. The molecule has 20 heavy (non-hydrogen) atoms. The molecule has 0 bridgehead atoms. The number of hydrogen-bond donors (Lipinski definition) is 2. The predicted octanol–water partition coefficient (Wildman–Crippen LogP) is 1.69. The van der Waals surface area contributed by atoms with Crippen molar-refractivity contribution in [3.05, 3.63) is 34.9 Å². The van der Waals surface area contributed by atoms with E-state index in [1.54, 1.807) is 11.8 Å². The number of aryl methyl sites for hydroxylation is 1. The topological polar surface area (TPSA) is 52.6 Å². The zero-order chi connectivity index (χ0) is 14.9. The van der Waals surface area contributed by atoms with Crippen molar-refractivity contribution >= 4 is 5.97 Å². The van der Waals surface area contributed by atoms with Gasteiger partial charge in [-0.3, -0.25) is 9.69 Å². The number of carboxylic acid groups (broad SMARTS) is 1. The first kappa shape index (κ1) is 14.9. The molecule has 1 aliphatic heterocycles. The average molecular weight is 284 g/mol. The molecule has 1 aromatic rings. The number of carboxylic acids is 1. The number of piperazine rings is 1. The zero-order valence-corrected chi connectivity index (χ0v) is 11.5. The van der Waals surface area contributed by atoms with Gasteiger partial charge in [-0.15, -0.1) is 0 Å². The second-order valence-electron chi connectivity index (χ2n) is 5.09. The Hall–Kier alpha value is -1.53. The van der Waals surface area contributed by atoms with E-state index in [2.05, 4.69) is 5.32 Å². The van der Waals surface area contributed by atoms with Gasteiger partial charge in [-0.1, -0.05) is 0 Å². The highest BCUT2D eigenvalue weighted by Crippen LogP contribution is 2.27. The summed E-state index contributed by atoms with van der Waals surface area (Å²) in [6, 6.07) is 1.09. The Labute approximate surface area is 116 Å². The number of nitrogens with one attached hydrogen (secondary N) is 1. The average Bonchev–Trinajstić information content (AvgIpc) is 2.42. The first-order valence-corrected chi connectivity index (χ1v) is 6.56. The van der Waals surface area contributed by atoms with Gasteiger partial charge in [0.15, 0.2) is 0 Å². The van der Waals surface area contributed by atoms with Gasteiger partial charge in [0.05, 0.1) is 0 Å². The maximum Gasteiger partial charge on any atom is 0.322 e. The molecular formula is C14H18F2N2O2. The van der Waals surface area contributed by atoms with E-state index in [-0.39, 0.29) is 11.1 Å². The lowest BCUT2D eigenvalue weighted by Gasteiger charge is -2.38. The third-order valence-electron chi connectivity index (χ3n) is 3.80. The molecule has 0 aromatic heterocycles. The summed E-state index contributed by atoms with van der Waals surface area (Å²) in [5, 5.41) is 12.2. The molecule has 0 radical (unpaired) electrons. The van der Waals surface area contributed by atoms with E-state index in [9.17, 15) is 18.7 Å². The van der Waals surface area contributed by atoms with Crippen LogP contribution in [0.2, 0.25) is 0 Å². The van der Waals surface area contributed by atoms with Crippen LogP contribution in [0.25, 0.3) is 0 Å². The van der Waals surface area contributed by atoms with Gasteiger partial charge in [0.2, 0.25) is 0 Å². The fourth-order valence-electron chi connectivity index (χ4n) is 2.57. The monoisotopic (exact) mass is 284 g/mol. The highest BCUT2D eigenvalue weighted by Gasteiger charge is 2.33. The summed E-state index contributed by atoms with van der Waals surface area (Å²) in [4.78, 5) is 12.9. The maximum absolute atomic E-state index is 14.0. The lowest BCUT2D eigenvalue weighted by atomic mass is 10.0. The minimum absolute atomic E-state index is 0.196. The van der Waals surface area contributed by atoms with E-state index < -0.39 is 29.7 Å². The first-order chi connectivity index (χ1) is 9.41. The van der Waals surface area contributed by atoms with Crippen molar-refractivity contribution in [2.75, 3.05) is 19.6 Å². The van der Waals surface area contributed by atoms with Crippen molar-refractivity contribution in [2.45, 2.75) is 25.9 Å². The van der Waals surface area contributed by atoms with Crippen LogP contribution in [0.1, 0.15) is 24.1 Å². The Kier molecular flexibility index (Phi) is 4.35. The normalized spacial score (nSPS) is 21.7. The number of halogens is 2. The lowest BCUT2D eigenvalue weighted by molar-refractivity contribution is -0.145. The summed E-state index contributed by atoms with van der Waals surface area (Å²) < 4.78 is 27.6. The van der Waals surface area contributed by atoms with Crippen molar-refractivity contribution in [1.29, 1.82) is 0 Å². The number of carbonyl (C=O) groups is 1. The molecule has 2 rings (SSSR count). The van der Waals surface area contributed by atoms with E-state index in [1.165, 1.54) is 6.92 Å². The molecule has 1 aromatic carbocycles. The third kappa shape index (κ3) is 2.81. The summed E-state index contributed by atoms with van der Waals surface area (Å²) in [5.74, 6) is -1.94. The zero-order valence-electron chi connectivity index (χ0n) is 11.5. The molecule has 2 unspecified atom stereocenters. The molecule has 0 saturated carbocycles. The highest BCUT2D eigenvalue weighted by molar-refractivity contribution is 5.74. The van der Waals surface area contributed by atoms with Gasteiger partial charge in [-0.2, -0.15) is 0 Å². The SMILES string of the molecule is Cc1cc(F)c(C(C)N2CCNCC2C(=O)O)cc1F. The summed E-state index contributed by atoms with van der Waals surface area (Å²) in [5.41, 5.74) is 0.440. The van der Waals surface area contributed by atoms with Crippen molar-refractivity contribution < 1.29 is 18.7 Å². The second kappa shape index (κ2) is 5.85. The molecule has 0 spiro atoms. The Bertz CT molecular complexity index is 522. The minimum Gasteiger partial charge on any atom is -0.480 e. The summed E-state index contributed by atoms with van der Waals surface area (Å²) in [7, 11) is 0. The van der Waals surface area contributed by atoms with Gasteiger partial charge < -0.3 is 10.4 Å². The molecule has 2 N–H and O–H groups in total. The standard InChI is InChI=1S/C14H18F2N2O2/c1-8-5-12(16)10(6-11(8)15)9(2)18-4-3-17-7-13(18)14(19)20/h5-6,9,13,17H,3-4,7H2,1-2H3,(H,19,20). The minimum atomic E-state index is -0.961. The predicted molar refractivity (Wildman–Crippen MR) is 70.5 cm³/mol. The van der Waals surface area contributed by atoms with Crippen LogP contribution in [0.5, 0.6) is 0 Å². The van der Waals surface area contributed by atoms with E-state index in [4.69, 9.17) is 0 Å². The molecule has 1 aliphatic rings. The fourth-order valence-corrected chi connectivity index (χ4v) is 2.57. The number of aliphatic carboxylic acids is 1. The molecule has 2 atom stereocenters. The van der Waals surface area contributed by atoms with Gasteiger partial charge in [0.1, 0.15) is 17.7 Å². The van der Waals surface area contributed by atoms with E-state index in [0.29, 0.717) is 19.6 Å². The molecule has 6 heteroatoms. The fraction of sp³-hybridized carbons (Fsp3) is 0.500. The largest absolute Gasteiger partial charge is 0.480 e. The maximum atomic E-state index is 14.0. The van der Waals surface area contributed by atoms with Crippen LogP contribution in [0.15, 0.2) is 12.1 Å². The molecular weight excluding hydrogens is 266 g/mol. The summed E-state index contributed by atoms with van der Waals surface area (Å²) >= 11 is 0. The van der Waals surface area contributed by atoms with Crippen LogP contribution >= 0.6 is 0 Å². The van der Waals surface area contributed by atoms with E-state index >= 15 is 0 Å². The number of benzene rings is 1. The van der Waals surface area contributed by atoms with E-state index in [1.807, 2.05) is 0 Å². The van der Waals surface area contributed by atoms with Crippen molar-refractivity contribution in [1.82, 2.24) is 10.2 Å². The molecule has 4 nitrogen and oxygen atoms in total. The molecule has 0 amide bonds. The Morgan fingerprint density at radius 2 is 2.15 bits per heavy atom. The Morgan fingerprint density at radius 1 is 1.45 bits per heavy atom. The second-order valence-corrected chi connectivity index (χ2v) is 5.09. The van der Waals surface area contributed by atoms with Crippen molar-refractivity contribution in [2.24, 2.45) is 0 Å². The number of rotatable bonds is 3. The lowest BCUT2D eigenvalue weighted by Crippen LogP contribution is -2.55. The molecule has 0 aliphatic carbocycles. The van der Waals surface area contributed by atoms with Crippen LogP contribution in [-0.4, -0.2) is 41.7 Å². The van der Waals surface area contributed by atoms with E-state index in [0.717, 1.165) is 12.1 Å². The summed E-state index contributed by atoms with van der Waals surface area (Å²) in [6.45, 7) is 4.61. The molecule has 1 fully saturated rings. The van der Waals surface area contributed by atoms with Crippen LogP contribution in [0.3, 0.4) is 0 Å². The van der Waals surface area contributed by atoms with Gasteiger partial charge in [-0.25, -0.2) is 8.78 Å². The van der Waals surface area contributed by atoms with Crippen molar-refractivity contribution in [3.8, 4) is 0 Å². The molecule has 1 saturated heterocycles. The molecule has 1 heterocycles. The Balaban J connectivity index is 2.32.